The number of nitro groups is 1. The predicted molar refractivity (Wildman–Crippen MR) is 548 cm³/mol. The first-order valence-corrected chi connectivity index (χ1v) is 52.0. The standard InChI is InChI=1S/C30H30FNO3S.C19H24FN3O4S.C19H26FN3O2S.C14H17FN2S.C14H17FO.C13H18FNO/c1-19-14-20(17-33)30(15-19,26-12-6-7-13-27(26)31)16-28(36)32-29(34)35-18-25-23-10-4-2-8-21(23)22-9-3-5-11-24(22)25;1-11-7-12-10-28-16(21-17(24)27-18(2,3)4)22-19(12,9-11)14-8-13(23(25)26)5-6-15(14)20;1-11-7-12-10-26-16(22-17(24)25-18(2,3)4)23-19(12,9-11)14-8-13(21)5-6-15(14)20;1-9-6-10-8-18-13(16)17-14(10,7-9)11-4-2-3-5-12(11)15;1-10-6-11-8-16-9-14(11,7-10)12-4-2-3-5-13(12)15;1-9-6-10(8-16)13(15,7-9)11-4-2-3-5-12(11)14/h2-13,19-20,25,33H,14-18H2,1H3,(H,32,34,36);5-6,8,11-12H,7,9-10H2,1-4H3,(H,21,22,24);5-6,8,11-12H,7,9-10,21H2,1-4H3,(H,22,23,24);2-5,9-10H,6-8H2,1H3,(H2,16,17);2-5,10-11H,6-9H2,1H3;2-5,9-10,16H,6-8,15H2,1H3/t19-,20-,30-;2*11-,12-,19-;9-,10-,14-;10-,11-,14-;9-,10-,13-/m000000/s1. The van der Waals surface area contributed by atoms with Crippen molar-refractivity contribution < 1.29 is 74.8 Å². The van der Waals surface area contributed by atoms with Crippen LogP contribution in [0.3, 0.4) is 0 Å². The summed E-state index contributed by atoms with van der Waals surface area (Å²) < 4.78 is 108. The van der Waals surface area contributed by atoms with Gasteiger partial charge < -0.3 is 46.4 Å². The molecule has 4 aliphatic heterocycles. The Balaban J connectivity index is 0.000000137. The van der Waals surface area contributed by atoms with Crippen molar-refractivity contribution in [1.82, 2.24) is 16.0 Å². The molecule has 0 aromatic heterocycles. The zero-order valence-electron chi connectivity index (χ0n) is 81.7. The maximum atomic E-state index is 14.9. The number of nitrogens with two attached hydrogens (primary N) is 3. The Bertz CT molecular complexity index is 5880. The van der Waals surface area contributed by atoms with Gasteiger partial charge in [-0.3, -0.25) is 41.0 Å². The van der Waals surface area contributed by atoms with E-state index in [0.29, 0.717) is 109 Å². The van der Waals surface area contributed by atoms with Crippen molar-refractivity contribution in [3.63, 3.8) is 0 Å². The van der Waals surface area contributed by atoms with Crippen molar-refractivity contribution in [2.45, 2.75) is 217 Å². The molecule has 8 aromatic rings. The zero-order valence-corrected chi connectivity index (χ0v) is 84.9. The average Bonchev–Trinajstić information content (AvgIpc) is 1.58. The minimum atomic E-state index is -0.925. The SMILES string of the molecule is C[C@H]1C[C@@H](CO)[C@](CC(=S)NC(=O)OCC2c3ccccc3-c3ccccc32)(c2ccccc2F)C1.C[C@H]1C[C@@H](CO)[C@](N)(c2ccccc2F)C1.C[C@H]1C[C@H]2COC[C@@]2(c2ccccc2F)C1.C[C@H]1C[C@H]2CSC(N)=N[C@@]2(c2ccccc2F)C1.C[C@H]1C[C@H]2CSC(NC(=O)OC(C)(C)C)=N[C@@]2(c2cc(N)ccc2F)C1.C[C@H]1C[C@H]2CSC(NC(=O)OC(C)(C)C)=N[C@@]2(c2cc([N+](=O)[O-])ccc2F)C1. The molecule has 11 aliphatic rings. The van der Waals surface area contributed by atoms with Crippen LogP contribution in [0.15, 0.2) is 197 Å². The first kappa shape index (κ1) is 106. The van der Waals surface area contributed by atoms with Gasteiger partial charge in [-0.15, -0.1) is 0 Å². The number of alkyl carbamates (subject to hydrolysis) is 3. The highest BCUT2D eigenvalue weighted by Gasteiger charge is 2.57. The lowest BCUT2D eigenvalue weighted by molar-refractivity contribution is -0.385. The molecule has 7 aliphatic carbocycles. The van der Waals surface area contributed by atoms with Crippen LogP contribution in [-0.2, 0) is 51.9 Å². The summed E-state index contributed by atoms with van der Waals surface area (Å²) in [7, 11) is 0. The summed E-state index contributed by atoms with van der Waals surface area (Å²) in [5, 5.41) is 40.3. The highest BCUT2D eigenvalue weighted by molar-refractivity contribution is 8.14. The minimum Gasteiger partial charge on any atom is -0.448 e. The Labute approximate surface area is 835 Å². The monoisotopic (exact) mass is 2000 g/mol. The molecule has 750 valence electrons. The molecule has 0 bridgehead atoms. The molecular formula is C109H132F6N10O11S4. The van der Waals surface area contributed by atoms with Crippen LogP contribution < -0.4 is 33.2 Å². The maximum absolute atomic E-state index is 14.9. The summed E-state index contributed by atoms with van der Waals surface area (Å²) in [6.07, 6.45) is 8.92. The molecule has 11 N–H and O–H groups in total. The fraction of sp³-hybridized carbons (Fsp3) is 0.495. The van der Waals surface area contributed by atoms with E-state index >= 15 is 0 Å². The van der Waals surface area contributed by atoms with Crippen LogP contribution in [0.5, 0.6) is 0 Å². The molecule has 19 rings (SSSR count). The quantitative estimate of drug-likeness (QED) is 0.0133. The first-order valence-electron chi connectivity index (χ1n) is 48.6. The number of anilines is 1. The maximum Gasteiger partial charge on any atom is 0.413 e. The Morgan fingerprint density at radius 1 is 0.493 bits per heavy atom. The van der Waals surface area contributed by atoms with E-state index in [4.69, 9.17) is 58.4 Å². The summed E-state index contributed by atoms with van der Waals surface area (Å²) in [4.78, 5) is 62.3. The molecule has 0 spiro atoms. The molecule has 21 nitrogen and oxygen atoms in total. The molecule has 0 radical (unpaired) electrons. The first-order chi connectivity index (χ1) is 66.4. The lowest BCUT2D eigenvalue weighted by Crippen LogP contribution is -2.42. The second-order valence-corrected chi connectivity index (χ2v) is 46.1. The second-order valence-electron chi connectivity index (χ2n) is 42.6. The van der Waals surface area contributed by atoms with Crippen LogP contribution in [0.1, 0.15) is 217 Å². The van der Waals surface area contributed by atoms with Gasteiger partial charge in [0.25, 0.3) is 5.69 Å². The molecule has 18 atom stereocenters. The number of thioether (sulfide) groups is 3. The van der Waals surface area contributed by atoms with Gasteiger partial charge in [0.05, 0.1) is 39.7 Å². The Hall–Kier alpha value is -9.86. The van der Waals surface area contributed by atoms with Crippen molar-refractivity contribution in [3.05, 3.63) is 272 Å². The molecule has 0 unspecified atom stereocenters. The number of nitro benzene ring substituents is 1. The third-order valence-corrected chi connectivity index (χ3v) is 33.0. The van der Waals surface area contributed by atoms with Crippen molar-refractivity contribution in [1.29, 1.82) is 0 Å². The van der Waals surface area contributed by atoms with Gasteiger partial charge >= 0.3 is 18.3 Å². The van der Waals surface area contributed by atoms with Crippen LogP contribution in [0.2, 0.25) is 0 Å². The lowest BCUT2D eigenvalue weighted by atomic mass is 9.69. The molecule has 6 saturated carbocycles. The number of hydrogen-bond acceptors (Lipinski definition) is 21. The highest BCUT2D eigenvalue weighted by atomic mass is 32.2. The van der Waals surface area contributed by atoms with E-state index in [1.54, 1.807) is 120 Å². The van der Waals surface area contributed by atoms with Crippen LogP contribution in [0.4, 0.5) is 52.1 Å². The number of amides is 3. The number of ether oxygens (including phenoxy) is 4. The third-order valence-electron chi connectivity index (χ3n) is 29.7. The number of halogens is 6. The number of non-ortho nitro benzene ring substituents is 1. The van der Waals surface area contributed by atoms with Gasteiger partial charge in [-0.2, -0.15) is 0 Å². The molecular weight excluding hydrogens is 1870 g/mol. The van der Waals surface area contributed by atoms with Crippen molar-refractivity contribution in [3.8, 4) is 11.1 Å². The Morgan fingerprint density at radius 2 is 0.907 bits per heavy atom. The fourth-order valence-corrected chi connectivity index (χ4v) is 28.0. The largest absolute Gasteiger partial charge is 0.448 e. The highest BCUT2D eigenvalue weighted by Crippen LogP contribution is 2.60. The zero-order chi connectivity index (χ0) is 101. The number of aliphatic hydroxyl groups is 2. The summed E-state index contributed by atoms with van der Waals surface area (Å²) >= 11 is 10.1. The van der Waals surface area contributed by atoms with E-state index in [1.807, 2.05) is 48.5 Å². The van der Waals surface area contributed by atoms with Crippen molar-refractivity contribution in [2.75, 3.05) is 56.0 Å². The Kier molecular flexibility index (Phi) is 33.4. The molecule has 7 fully saturated rings. The number of hydrogen-bond donors (Lipinski definition) is 8. The smallest absolute Gasteiger partial charge is 0.413 e. The van der Waals surface area contributed by atoms with E-state index < -0.39 is 67.8 Å². The van der Waals surface area contributed by atoms with Crippen LogP contribution >= 0.6 is 47.5 Å². The van der Waals surface area contributed by atoms with Gasteiger partial charge in [0.1, 0.15) is 52.7 Å². The fourth-order valence-electron chi connectivity index (χ4n) is 24.3. The number of nitrogen functional groups attached to an aromatic ring is 1. The molecule has 1 saturated heterocycles. The van der Waals surface area contributed by atoms with E-state index in [1.165, 1.54) is 60.3 Å². The number of amidine groups is 3. The number of nitrogens with one attached hydrogen (secondary N) is 3. The number of aliphatic imine (C=N–C) groups is 3. The summed E-state index contributed by atoms with van der Waals surface area (Å²) in [5.41, 5.74) is 21.8. The van der Waals surface area contributed by atoms with Gasteiger partial charge in [-0.05, 0) is 266 Å². The van der Waals surface area contributed by atoms with E-state index in [9.17, 15) is 61.1 Å². The number of aliphatic hydroxyl groups excluding tert-OH is 2. The second kappa shape index (κ2) is 44.2. The van der Waals surface area contributed by atoms with E-state index in [-0.39, 0.29) is 108 Å². The van der Waals surface area contributed by atoms with Gasteiger partial charge in [0, 0.05) is 105 Å². The number of nitrogens with zero attached hydrogens (tertiary/aromatic N) is 4. The number of fused-ring (bicyclic) bond motifs is 7. The number of carbonyl (C=O) groups is 3. The molecule has 140 heavy (non-hydrogen) atoms. The lowest BCUT2D eigenvalue weighted by Gasteiger charge is -2.37. The van der Waals surface area contributed by atoms with E-state index in [0.717, 1.165) is 121 Å². The van der Waals surface area contributed by atoms with Gasteiger partial charge in [-0.1, -0.05) is 210 Å². The number of benzene rings is 8. The number of rotatable bonds is 13. The minimum absolute atomic E-state index is 0.0230. The molecule has 3 amide bonds. The van der Waals surface area contributed by atoms with E-state index in [2.05, 4.69) is 86.8 Å². The third kappa shape index (κ3) is 23.5. The summed E-state index contributed by atoms with van der Waals surface area (Å²) in [5.74, 6) is 4.39. The average molecular weight is 2000 g/mol. The molecule has 31 heteroatoms. The number of thiocarbonyl (C=S) groups is 1. The van der Waals surface area contributed by atoms with Gasteiger partial charge in [0.15, 0.2) is 15.5 Å². The van der Waals surface area contributed by atoms with Gasteiger partial charge in [-0.25, -0.2) is 40.7 Å². The van der Waals surface area contributed by atoms with Crippen molar-refractivity contribution in [2.24, 2.45) is 97.5 Å². The molecule has 4 heterocycles. The summed E-state index contributed by atoms with van der Waals surface area (Å²) in [6.45, 7) is 25.3. The summed E-state index contributed by atoms with van der Waals surface area (Å²) in [6, 6.07) is 52.1. The predicted octanol–water partition coefficient (Wildman–Crippen LogP) is 23.5. The number of carbonyl (C=O) groups excluding carboxylic acids is 3. The van der Waals surface area contributed by atoms with Gasteiger partial charge in [0.2, 0.25) is 0 Å². The van der Waals surface area contributed by atoms with Crippen LogP contribution in [0, 0.1) is 116 Å². The Morgan fingerprint density at radius 3 is 1.41 bits per heavy atom. The molecule has 8 aromatic carbocycles. The van der Waals surface area contributed by atoms with Crippen LogP contribution in [-0.4, -0.2) is 115 Å². The van der Waals surface area contributed by atoms with Crippen LogP contribution in [0.25, 0.3) is 11.1 Å². The topological polar surface area (TPSA) is 323 Å². The normalized spacial score (nSPS) is 29.2. The van der Waals surface area contributed by atoms with Crippen molar-refractivity contribution >= 4 is 97.6 Å².